The molecule has 0 radical (unpaired) electrons. The second-order valence-electron chi connectivity index (χ2n) is 6.09. The molecule has 0 saturated carbocycles. The molecule has 0 aliphatic heterocycles. The van der Waals surface area contributed by atoms with Crippen LogP contribution in [0, 0.1) is 0 Å². The van der Waals surface area contributed by atoms with Gasteiger partial charge in [-0.1, -0.05) is 43.6 Å². The molecule has 128 valence electrons. The highest BCUT2D eigenvalue weighted by molar-refractivity contribution is 6.30. The van der Waals surface area contributed by atoms with Crippen LogP contribution in [-0.4, -0.2) is 17.4 Å². The first-order valence-corrected chi connectivity index (χ1v) is 8.90. The molecule has 0 bridgehead atoms. The van der Waals surface area contributed by atoms with Gasteiger partial charge in [0, 0.05) is 35.3 Å². The zero-order valence-corrected chi connectivity index (χ0v) is 15.1. The van der Waals surface area contributed by atoms with E-state index in [1.165, 1.54) is 5.56 Å². The first-order valence-electron chi connectivity index (χ1n) is 8.52. The summed E-state index contributed by atoms with van der Waals surface area (Å²) in [4.78, 5) is 16.5. The van der Waals surface area contributed by atoms with Crippen molar-refractivity contribution >= 4 is 17.5 Å². The minimum atomic E-state index is -0.0504. The first-order chi connectivity index (χ1) is 11.6. The topological polar surface area (TPSA) is 42.0 Å². The van der Waals surface area contributed by atoms with E-state index in [9.17, 15) is 4.79 Å². The lowest BCUT2D eigenvalue weighted by Crippen LogP contribution is -2.40. The molecule has 0 atom stereocenters. The molecule has 2 rings (SSSR count). The smallest absolute Gasteiger partial charge is 0.220 e. The molecule has 3 nitrogen and oxygen atoms in total. The Bertz CT molecular complexity index is 636. The molecular formula is C20H25ClN2O. The molecule has 1 amide bonds. The van der Waals surface area contributed by atoms with E-state index in [1.54, 1.807) is 6.20 Å². The van der Waals surface area contributed by atoms with Crippen LogP contribution in [0.1, 0.15) is 44.4 Å². The molecule has 1 heterocycles. The van der Waals surface area contributed by atoms with Gasteiger partial charge in [-0.05, 0) is 49.1 Å². The first kappa shape index (κ1) is 18.5. The van der Waals surface area contributed by atoms with Crippen molar-refractivity contribution in [2.75, 3.05) is 6.54 Å². The highest BCUT2D eigenvalue weighted by Crippen LogP contribution is 2.31. The number of nitrogens with one attached hydrogen (secondary N) is 1. The van der Waals surface area contributed by atoms with Crippen molar-refractivity contribution in [3.8, 4) is 0 Å². The second kappa shape index (κ2) is 8.84. The van der Waals surface area contributed by atoms with Crippen LogP contribution in [0.5, 0.6) is 0 Å². The number of halogens is 1. The summed E-state index contributed by atoms with van der Waals surface area (Å²) in [7, 11) is 0. The van der Waals surface area contributed by atoms with E-state index in [0.717, 1.165) is 23.6 Å². The van der Waals surface area contributed by atoms with Gasteiger partial charge in [-0.3, -0.25) is 9.78 Å². The van der Waals surface area contributed by atoms with Gasteiger partial charge in [0.15, 0.2) is 0 Å². The monoisotopic (exact) mass is 344 g/mol. The minimum absolute atomic E-state index is 0.0504. The van der Waals surface area contributed by atoms with Gasteiger partial charge < -0.3 is 5.32 Å². The average molecular weight is 345 g/mol. The Hall–Kier alpha value is -1.87. The van der Waals surface area contributed by atoms with Crippen molar-refractivity contribution in [2.45, 2.75) is 44.9 Å². The van der Waals surface area contributed by atoms with E-state index in [-0.39, 0.29) is 11.3 Å². The molecular weight excluding hydrogens is 320 g/mol. The van der Waals surface area contributed by atoms with Gasteiger partial charge in [-0.15, -0.1) is 0 Å². The summed E-state index contributed by atoms with van der Waals surface area (Å²) in [5.41, 5.74) is 2.12. The third-order valence-electron chi connectivity index (χ3n) is 4.77. The van der Waals surface area contributed by atoms with Crippen LogP contribution in [0.3, 0.4) is 0 Å². The Morgan fingerprint density at radius 1 is 1.12 bits per heavy atom. The number of carbonyl (C=O) groups excluding carboxylic acids is 1. The molecule has 24 heavy (non-hydrogen) atoms. The summed E-state index contributed by atoms with van der Waals surface area (Å²) >= 11 is 6.00. The van der Waals surface area contributed by atoms with Gasteiger partial charge in [0.05, 0.1) is 0 Å². The Kier molecular flexibility index (Phi) is 6.80. The number of amides is 1. The fourth-order valence-corrected chi connectivity index (χ4v) is 3.08. The van der Waals surface area contributed by atoms with Gasteiger partial charge in [0.25, 0.3) is 0 Å². The SMILES string of the molecule is CCC(CC)(CNC(=O)CCc1ccccn1)c1ccc(Cl)cc1. The van der Waals surface area contributed by atoms with Crippen LogP contribution in [0.25, 0.3) is 0 Å². The van der Waals surface area contributed by atoms with E-state index >= 15 is 0 Å². The van der Waals surface area contributed by atoms with Crippen LogP contribution in [0.2, 0.25) is 5.02 Å². The number of nitrogens with zero attached hydrogens (tertiary/aromatic N) is 1. The van der Waals surface area contributed by atoms with Gasteiger partial charge in [-0.25, -0.2) is 0 Å². The van der Waals surface area contributed by atoms with Crippen LogP contribution >= 0.6 is 11.6 Å². The van der Waals surface area contributed by atoms with Crippen LogP contribution in [0.4, 0.5) is 0 Å². The summed E-state index contributed by atoms with van der Waals surface area (Å²) in [6.07, 6.45) is 4.81. The maximum Gasteiger partial charge on any atom is 0.220 e. The summed E-state index contributed by atoms with van der Waals surface area (Å²) in [5, 5.41) is 3.84. The standard InChI is InChI=1S/C20H25ClN2O/c1-3-20(4-2,16-8-10-17(21)11-9-16)15-23-19(24)13-12-18-7-5-6-14-22-18/h5-11,14H,3-4,12-13,15H2,1-2H3,(H,23,24). The van der Waals surface area contributed by atoms with Crippen molar-refractivity contribution in [3.63, 3.8) is 0 Å². The summed E-state index contributed by atoms with van der Waals surface area (Å²) < 4.78 is 0. The Balaban J connectivity index is 1.95. The second-order valence-corrected chi connectivity index (χ2v) is 6.53. The molecule has 1 aromatic carbocycles. The number of aryl methyl sites for hydroxylation is 1. The van der Waals surface area contributed by atoms with Crippen molar-refractivity contribution < 1.29 is 4.79 Å². The zero-order valence-electron chi connectivity index (χ0n) is 14.4. The van der Waals surface area contributed by atoms with E-state index in [4.69, 9.17) is 11.6 Å². The van der Waals surface area contributed by atoms with E-state index in [1.807, 2.05) is 30.3 Å². The average Bonchev–Trinajstić information content (AvgIpc) is 2.63. The third-order valence-corrected chi connectivity index (χ3v) is 5.02. The quantitative estimate of drug-likeness (QED) is 0.763. The van der Waals surface area contributed by atoms with Crippen LogP contribution in [-0.2, 0) is 16.6 Å². The Morgan fingerprint density at radius 2 is 1.83 bits per heavy atom. The lowest BCUT2D eigenvalue weighted by molar-refractivity contribution is -0.121. The number of hydrogen-bond acceptors (Lipinski definition) is 2. The highest BCUT2D eigenvalue weighted by Gasteiger charge is 2.28. The molecule has 1 N–H and O–H groups in total. The van der Waals surface area contributed by atoms with E-state index in [2.05, 4.69) is 36.3 Å². The largest absolute Gasteiger partial charge is 0.355 e. The lowest BCUT2D eigenvalue weighted by Gasteiger charge is -2.32. The number of carbonyl (C=O) groups is 1. The maximum atomic E-state index is 12.2. The maximum absolute atomic E-state index is 12.2. The Morgan fingerprint density at radius 3 is 2.42 bits per heavy atom. The molecule has 2 aromatic rings. The van der Waals surface area contributed by atoms with E-state index < -0.39 is 0 Å². The molecule has 0 aliphatic carbocycles. The van der Waals surface area contributed by atoms with Crippen molar-refractivity contribution in [2.24, 2.45) is 0 Å². The number of aromatic nitrogens is 1. The number of pyridine rings is 1. The predicted molar refractivity (Wildman–Crippen MR) is 99.3 cm³/mol. The fraction of sp³-hybridized carbons (Fsp3) is 0.400. The molecule has 0 aliphatic rings. The normalized spacial score (nSPS) is 11.3. The van der Waals surface area contributed by atoms with Gasteiger partial charge >= 0.3 is 0 Å². The van der Waals surface area contributed by atoms with Gasteiger partial charge in [0.1, 0.15) is 0 Å². The molecule has 0 saturated heterocycles. The Labute approximate surface area is 149 Å². The number of rotatable bonds is 8. The number of benzene rings is 1. The molecule has 1 aromatic heterocycles. The van der Waals surface area contributed by atoms with Gasteiger partial charge in [-0.2, -0.15) is 0 Å². The molecule has 0 spiro atoms. The third kappa shape index (κ3) is 4.81. The van der Waals surface area contributed by atoms with Crippen LogP contribution < -0.4 is 5.32 Å². The summed E-state index contributed by atoms with van der Waals surface area (Å²) in [6.45, 7) is 4.97. The minimum Gasteiger partial charge on any atom is -0.355 e. The summed E-state index contributed by atoms with van der Waals surface area (Å²) in [5.74, 6) is 0.0703. The highest BCUT2D eigenvalue weighted by atomic mass is 35.5. The lowest BCUT2D eigenvalue weighted by atomic mass is 9.76. The predicted octanol–water partition coefficient (Wildman–Crippen LogP) is 4.54. The summed E-state index contributed by atoms with van der Waals surface area (Å²) in [6, 6.07) is 13.7. The van der Waals surface area contributed by atoms with Crippen molar-refractivity contribution in [1.29, 1.82) is 0 Å². The number of hydrogen-bond donors (Lipinski definition) is 1. The van der Waals surface area contributed by atoms with Gasteiger partial charge in [0.2, 0.25) is 5.91 Å². The molecule has 0 fully saturated rings. The molecule has 0 unspecified atom stereocenters. The van der Waals surface area contributed by atoms with Crippen LogP contribution in [0.15, 0.2) is 48.7 Å². The zero-order chi connectivity index (χ0) is 17.4. The molecule has 4 heteroatoms. The van der Waals surface area contributed by atoms with E-state index in [0.29, 0.717) is 19.4 Å². The fourth-order valence-electron chi connectivity index (χ4n) is 2.96. The van der Waals surface area contributed by atoms with Crippen molar-refractivity contribution in [1.82, 2.24) is 10.3 Å². The van der Waals surface area contributed by atoms with Crippen molar-refractivity contribution in [3.05, 3.63) is 64.9 Å².